The molecule has 0 radical (unpaired) electrons. The van der Waals surface area contributed by atoms with Crippen LogP contribution in [-0.4, -0.2) is 73.9 Å². The smallest absolute Gasteiger partial charge is 0.259 e. The third kappa shape index (κ3) is 4.77. The summed E-state index contributed by atoms with van der Waals surface area (Å²) in [4.78, 5) is 28.9. The number of hydrogen-bond donors (Lipinski definition) is 2. The highest BCUT2D eigenvalue weighted by atomic mass is 32.2. The Labute approximate surface area is 234 Å². The fourth-order valence-corrected chi connectivity index (χ4v) is 7.30. The Morgan fingerprint density at radius 3 is 2.48 bits per heavy atom. The predicted molar refractivity (Wildman–Crippen MR) is 153 cm³/mol. The van der Waals surface area contributed by atoms with Gasteiger partial charge in [0.1, 0.15) is 11.4 Å². The van der Waals surface area contributed by atoms with Gasteiger partial charge in [-0.1, -0.05) is 36.4 Å². The molecule has 1 unspecified atom stereocenters. The van der Waals surface area contributed by atoms with Crippen LogP contribution < -0.4 is 14.9 Å². The molecule has 1 spiro atoms. The van der Waals surface area contributed by atoms with Crippen LogP contribution in [0.4, 0.5) is 11.5 Å². The zero-order valence-electron chi connectivity index (χ0n) is 22.5. The lowest BCUT2D eigenvalue weighted by Gasteiger charge is -2.39. The Bertz CT molecular complexity index is 1520. The minimum Gasteiger partial charge on any atom is -0.338 e. The first kappa shape index (κ1) is 26.5. The minimum atomic E-state index is -3.42. The highest BCUT2D eigenvalue weighted by Crippen LogP contribution is 2.48. The number of carbonyl (C=O) groups is 2. The van der Waals surface area contributed by atoms with Gasteiger partial charge >= 0.3 is 0 Å². The van der Waals surface area contributed by atoms with Crippen LogP contribution in [0.15, 0.2) is 60.8 Å². The van der Waals surface area contributed by atoms with Gasteiger partial charge < -0.3 is 15.5 Å². The maximum absolute atomic E-state index is 13.9. The SMILES string of the molecule is CS(=O)(=O)N1CC2(CCN(C(=O)c3cnn(-c4ccccc4)c3NC(=O)C3CCCNC3)CC2)c2ccccc21. The van der Waals surface area contributed by atoms with Crippen molar-refractivity contribution in [3.8, 4) is 5.69 Å². The molecule has 2 N–H and O–H groups in total. The van der Waals surface area contributed by atoms with Gasteiger partial charge in [0.15, 0.2) is 0 Å². The number of sulfonamides is 1. The lowest BCUT2D eigenvalue weighted by atomic mass is 9.74. The van der Waals surface area contributed by atoms with Crippen LogP contribution in [0.25, 0.3) is 5.69 Å². The average molecular weight is 563 g/mol. The summed E-state index contributed by atoms with van der Waals surface area (Å²) in [5.74, 6) is -0.118. The van der Waals surface area contributed by atoms with Crippen molar-refractivity contribution >= 4 is 33.3 Å². The van der Waals surface area contributed by atoms with E-state index in [0.29, 0.717) is 50.4 Å². The van der Waals surface area contributed by atoms with Crippen molar-refractivity contribution in [2.45, 2.75) is 31.1 Å². The molecular weight excluding hydrogens is 528 g/mol. The molecule has 4 heterocycles. The number of fused-ring (bicyclic) bond motifs is 2. The van der Waals surface area contributed by atoms with E-state index in [1.54, 1.807) is 9.58 Å². The standard InChI is InChI=1S/C29H34N6O4S/c1-40(38,39)34-20-29(24-11-5-6-12-25(24)34)13-16-33(17-14-29)28(37)23-19-31-35(22-9-3-2-4-10-22)26(23)32-27(36)21-8-7-15-30-18-21/h2-6,9-12,19,21,30H,7-8,13-18,20H2,1H3,(H,32,36). The molecule has 3 aliphatic heterocycles. The molecule has 2 amide bonds. The number of amides is 2. The molecule has 10 nitrogen and oxygen atoms in total. The number of hydrogen-bond acceptors (Lipinski definition) is 6. The minimum absolute atomic E-state index is 0.125. The van der Waals surface area contributed by atoms with Gasteiger partial charge in [0.25, 0.3) is 5.91 Å². The first-order valence-corrected chi connectivity index (χ1v) is 15.6. The van der Waals surface area contributed by atoms with Crippen molar-refractivity contribution in [2.24, 2.45) is 5.92 Å². The molecule has 210 valence electrons. The van der Waals surface area contributed by atoms with E-state index in [1.165, 1.54) is 16.8 Å². The molecule has 2 saturated heterocycles. The monoisotopic (exact) mass is 562 g/mol. The fourth-order valence-electron chi connectivity index (χ4n) is 6.30. The molecule has 2 fully saturated rings. The third-order valence-corrected chi connectivity index (χ3v) is 9.63. The number of aromatic nitrogens is 2. The van der Waals surface area contributed by atoms with Crippen molar-refractivity contribution in [1.29, 1.82) is 0 Å². The van der Waals surface area contributed by atoms with Crippen LogP contribution in [0.2, 0.25) is 0 Å². The second-order valence-corrected chi connectivity index (χ2v) is 13.0. The number of rotatable bonds is 5. The molecular formula is C29H34N6O4S. The molecule has 0 bridgehead atoms. The van der Waals surface area contributed by atoms with Gasteiger partial charge in [-0.25, -0.2) is 13.1 Å². The summed E-state index contributed by atoms with van der Waals surface area (Å²) in [6, 6.07) is 17.1. The summed E-state index contributed by atoms with van der Waals surface area (Å²) in [6.45, 7) is 2.84. The van der Waals surface area contributed by atoms with Crippen molar-refractivity contribution in [3.05, 3.63) is 71.9 Å². The molecule has 1 atom stereocenters. The maximum Gasteiger partial charge on any atom is 0.259 e. The summed E-state index contributed by atoms with van der Waals surface area (Å²) in [5, 5.41) is 10.8. The summed E-state index contributed by atoms with van der Waals surface area (Å²) in [5.41, 5.74) is 2.52. The number of benzene rings is 2. The van der Waals surface area contributed by atoms with Gasteiger partial charge in [-0.3, -0.25) is 13.9 Å². The highest BCUT2D eigenvalue weighted by molar-refractivity contribution is 7.92. The van der Waals surface area contributed by atoms with E-state index in [2.05, 4.69) is 15.7 Å². The first-order chi connectivity index (χ1) is 19.3. The molecule has 6 rings (SSSR count). The molecule has 3 aromatic rings. The molecule has 1 aromatic heterocycles. The first-order valence-electron chi connectivity index (χ1n) is 13.8. The quantitative estimate of drug-likeness (QED) is 0.494. The zero-order valence-corrected chi connectivity index (χ0v) is 23.4. The average Bonchev–Trinajstić information content (AvgIpc) is 3.54. The number of likely N-dealkylation sites (tertiary alicyclic amines) is 1. The second kappa shape index (κ2) is 10.4. The van der Waals surface area contributed by atoms with E-state index >= 15 is 0 Å². The Balaban J connectivity index is 1.26. The summed E-state index contributed by atoms with van der Waals surface area (Å²) >= 11 is 0. The number of piperidine rings is 2. The summed E-state index contributed by atoms with van der Waals surface area (Å²) in [6.07, 6.45) is 5.78. The van der Waals surface area contributed by atoms with Crippen LogP contribution >= 0.6 is 0 Å². The van der Waals surface area contributed by atoms with E-state index in [9.17, 15) is 18.0 Å². The number of carbonyl (C=O) groups excluding carboxylic acids is 2. The second-order valence-electron chi connectivity index (χ2n) is 11.0. The molecule has 0 aliphatic carbocycles. The van der Waals surface area contributed by atoms with E-state index < -0.39 is 10.0 Å². The van der Waals surface area contributed by atoms with Crippen LogP contribution in [0.3, 0.4) is 0 Å². The normalized spacial score (nSPS) is 20.4. The molecule has 2 aromatic carbocycles. The van der Waals surface area contributed by atoms with Crippen molar-refractivity contribution < 1.29 is 18.0 Å². The number of para-hydroxylation sites is 2. The van der Waals surface area contributed by atoms with Crippen LogP contribution in [-0.2, 0) is 20.2 Å². The third-order valence-electron chi connectivity index (χ3n) is 8.51. The molecule has 40 heavy (non-hydrogen) atoms. The van der Waals surface area contributed by atoms with Crippen molar-refractivity contribution in [3.63, 3.8) is 0 Å². The van der Waals surface area contributed by atoms with Gasteiger partial charge in [-0.2, -0.15) is 5.10 Å². The van der Waals surface area contributed by atoms with E-state index in [4.69, 9.17) is 0 Å². The van der Waals surface area contributed by atoms with Crippen molar-refractivity contribution in [1.82, 2.24) is 20.0 Å². The Morgan fingerprint density at radius 1 is 1.05 bits per heavy atom. The maximum atomic E-state index is 13.9. The van der Waals surface area contributed by atoms with Gasteiger partial charge in [0, 0.05) is 31.6 Å². The molecule has 11 heteroatoms. The fraction of sp³-hybridized carbons (Fsp3) is 0.414. The Morgan fingerprint density at radius 2 is 1.77 bits per heavy atom. The lowest BCUT2D eigenvalue weighted by Crippen LogP contribution is -2.47. The van der Waals surface area contributed by atoms with Gasteiger partial charge in [-0.05, 0) is 56.0 Å². The van der Waals surface area contributed by atoms with Crippen molar-refractivity contribution in [2.75, 3.05) is 48.6 Å². The van der Waals surface area contributed by atoms with E-state index in [1.807, 2.05) is 54.6 Å². The predicted octanol–water partition coefficient (Wildman–Crippen LogP) is 2.76. The van der Waals surface area contributed by atoms with Gasteiger partial charge in [0.2, 0.25) is 15.9 Å². The van der Waals surface area contributed by atoms with Gasteiger partial charge in [-0.15, -0.1) is 0 Å². The van der Waals surface area contributed by atoms with E-state index in [0.717, 1.165) is 36.3 Å². The molecule has 3 aliphatic rings. The Hall–Kier alpha value is -3.70. The lowest BCUT2D eigenvalue weighted by molar-refractivity contribution is -0.120. The summed E-state index contributed by atoms with van der Waals surface area (Å²) in [7, 11) is -3.42. The van der Waals surface area contributed by atoms with E-state index in [-0.39, 0.29) is 23.1 Å². The molecule has 0 saturated carbocycles. The van der Waals surface area contributed by atoms with Crippen LogP contribution in [0, 0.1) is 5.92 Å². The summed E-state index contributed by atoms with van der Waals surface area (Å²) < 4.78 is 28.2. The van der Waals surface area contributed by atoms with Gasteiger partial charge in [0.05, 0.1) is 29.7 Å². The van der Waals surface area contributed by atoms with Crippen LogP contribution in [0.5, 0.6) is 0 Å². The number of nitrogens with zero attached hydrogens (tertiary/aromatic N) is 4. The number of anilines is 2. The zero-order chi connectivity index (χ0) is 27.9. The number of nitrogens with one attached hydrogen (secondary N) is 2. The largest absolute Gasteiger partial charge is 0.338 e. The van der Waals surface area contributed by atoms with Crippen LogP contribution in [0.1, 0.15) is 41.6 Å². The highest BCUT2D eigenvalue weighted by Gasteiger charge is 2.47. The topological polar surface area (TPSA) is 117 Å². The Kier molecular flexibility index (Phi) is 6.87.